The smallest absolute Gasteiger partial charge is 0.244 e. The summed E-state index contributed by atoms with van der Waals surface area (Å²) in [7, 11) is 0. The molecule has 0 fully saturated rings. The van der Waals surface area contributed by atoms with E-state index in [0.717, 1.165) is 31.6 Å². The Hall–Kier alpha value is -2.13. The summed E-state index contributed by atoms with van der Waals surface area (Å²) >= 11 is 0. The Morgan fingerprint density at radius 3 is 2.57 bits per heavy atom. The maximum absolute atomic E-state index is 13.1. The first-order chi connectivity index (χ1) is 11.2. The Bertz CT molecular complexity index is 740. The molecule has 2 aliphatic rings. The number of hydrogen-bond donors (Lipinski definition) is 1. The highest BCUT2D eigenvalue weighted by Crippen LogP contribution is 2.31. The van der Waals surface area contributed by atoms with E-state index in [1.807, 2.05) is 11.0 Å². The number of nitrogens with one attached hydrogen (secondary N) is 1. The normalized spacial score (nSPS) is 23.1. The first-order valence-corrected chi connectivity index (χ1v) is 8.42. The van der Waals surface area contributed by atoms with E-state index in [1.165, 1.54) is 16.7 Å². The molecule has 0 aliphatic carbocycles. The predicted octanol–water partition coefficient (Wildman–Crippen LogP) is 3.02. The van der Waals surface area contributed by atoms with Crippen molar-refractivity contribution in [3.05, 3.63) is 70.8 Å². The molecule has 0 radical (unpaired) electrons. The summed E-state index contributed by atoms with van der Waals surface area (Å²) in [6.07, 6.45) is 0.999. The molecule has 2 aliphatic heterocycles. The monoisotopic (exact) mass is 306 g/mol. The zero-order valence-electron chi connectivity index (χ0n) is 13.5. The zero-order chi connectivity index (χ0) is 15.8. The molecule has 0 aromatic heterocycles. The standard InChI is InChI=1S/C20H22N2O/c1-14-12-22(13-16-7-3-4-8-17(14)16)20(23)19-18-9-5-2-6-15(18)10-11-21-19/h2-9,14,19,21H,10-13H2,1H3. The molecule has 1 N–H and O–H groups in total. The molecule has 4 rings (SSSR count). The van der Waals surface area contributed by atoms with Crippen molar-refractivity contribution in [1.82, 2.24) is 10.2 Å². The summed E-state index contributed by atoms with van der Waals surface area (Å²) < 4.78 is 0. The van der Waals surface area contributed by atoms with Crippen LogP contribution in [0.1, 0.15) is 41.1 Å². The fourth-order valence-electron chi connectivity index (χ4n) is 3.93. The Balaban J connectivity index is 1.62. The van der Waals surface area contributed by atoms with E-state index < -0.39 is 0 Å². The Morgan fingerprint density at radius 2 is 1.74 bits per heavy atom. The summed E-state index contributed by atoms with van der Waals surface area (Å²) in [5.74, 6) is 0.598. The van der Waals surface area contributed by atoms with Crippen LogP contribution in [0.15, 0.2) is 48.5 Å². The molecular weight excluding hydrogens is 284 g/mol. The highest BCUT2D eigenvalue weighted by Gasteiger charge is 2.32. The molecule has 1 amide bonds. The van der Waals surface area contributed by atoms with Crippen LogP contribution in [0.25, 0.3) is 0 Å². The van der Waals surface area contributed by atoms with E-state index in [9.17, 15) is 4.79 Å². The van der Waals surface area contributed by atoms with Gasteiger partial charge in [0.15, 0.2) is 0 Å². The lowest BCUT2D eigenvalue weighted by Crippen LogP contribution is -2.46. The molecule has 0 saturated carbocycles. The predicted molar refractivity (Wildman–Crippen MR) is 91.2 cm³/mol. The van der Waals surface area contributed by atoms with Crippen molar-refractivity contribution in [2.75, 3.05) is 13.1 Å². The summed E-state index contributed by atoms with van der Waals surface area (Å²) in [6.45, 7) is 4.60. The highest BCUT2D eigenvalue weighted by molar-refractivity contribution is 5.84. The summed E-state index contributed by atoms with van der Waals surface area (Å²) in [6, 6.07) is 16.6. The van der Waals surface area contributed by atoms with Crippen LogP contribution in [-0.2, 0) is 17.8 Å². The van der Waals surface area contributed by atoms with Crippen molar-refractivity contribution in [1.29, 1.82) is 0 Å². The third kappa shape index (κ3) is 2.55. The van der Waals surface area contributed by atoms with Crippen molar-refractivity contribution in [2.24, 2.45) is 0 Å². The van der Waals surface area contributed by atoms with Crippen LogP contribution in [0.4, 0.5) is 0 Å². The van der Waals surface area contributed by atoms with Gasteiger partial charge < -0.3 is 10.2 Å². The first kappa shape index (κ1) is 14.5. The van der Waals surface area contributed by atoms with Gasteiger partial charge in [0.25, 0.3) is 0 Å². The molecule has 0 spiro atoms. The van der Waals surface area contributed by atoms with Gasteiger partial charge in [-0.1, -0.05) is 55.5 Å². The molecule has 23 heavy (non-hydrogen) atoms. The van der Waals surface area contributed by atoms with E-state index in [0.29, 0.717) is 5.92 Å². The van der Waals surface area contributed by atoms with Crippen LogP contribution in [-0.4, -0.2) is 23.9 Å². The van der Waals surface area contributed by atoms with E-state index in [4.69, 9.17) is 0 Å². The molecule has 2 aromatic carbocycles. The van der Waals surface area contributed by atoms with Crippen molar-refractivity contribution in [3.63, 3.8) is 0 Å². The van der Waals surface area contributed by atoms with Crippen LogP contribution >= 0.6 is 0 Å². The average Bonchev–Trinajstić information content (AvgIpc) is 2.60. The quantitative estimate of drug-likeness (QED) is 0.878. The van der Waals surface area contributed by atoms with Crippen LogP contribution in [0.5, 0.6) is 0 Å². The maximum Gasteiger partial charge on any atom is 0.244 e. The van der Waals surface area contributed by atoms with E-state index in [2.05, 4.69) is 54.7 Å². The fraction of sp³-hybridized carbons (Fsp3) is 0.350. The molecule has 2 unspecified atom stereocenters. The number of fused-ring (bicyclic) bond motifs is 2. The van der Waals surface area contributed by atoms with Crippen LogP contribution in [0.2, 0.25) is 0 Å². The van der Waals surface area contributed by atoms with Gasteiger partial charge in [0, 0.05) is 19.6 Å². The second-order valence-electron chi connectivity index (χ2n) is 6.65. The van der Waals surface area contributed by atoms with E-state index in [-0.39, 0.29) is 11.9 Å². The van der Waals surface area contributed by atoms with E-state index in [1.54, 1.807) is 0 Å². The molecule has 2 heterocycles. The number of carbonyl (C=O) groups is 1. The third-order valence-corrected chi connectivity index (χ3v) is 5.11. The molecule has 0 bridgehead atoms. The van der Waals surface area contributed by atoms with Gasteiger partial charge in [-0.25, -0.2) is 0 Å². The van der Waals surface area contributed by atoms with Gasteiger partial charge >= 0.3 is 0 Å². The van der Waals surface area contributed by atoms with Crippen molar-refractivity contribution in [2.45, 2.75) is 31.8 Å². The van der Waals surface area contributed by atoms with Gasteiger partial charge in [-0.2, -0.15) is 0 Å². The Labute approximate surface area is 137 Å². The molecule has 2 atom stereocenters. The lowest BCUT2D eigenvalue weighted by Gasteiger charge is -2.37. The number of rotatable bonds is 1. The number of hydrogen-bond acceptors (Lipinski definition) is 2. The van der Waals surface area contributed by atoms with Gasteiger partial charge in [-0.3, -0.25) is 4.79 Å². The van der Waals surface area contributed by atoms with Gasteiger partial charge in [-0.05, 0) is 34.6 Å². The minimum Gasteiger partial charge on any atom is -0.336 e. The van der Waals surface area contributed by atoms with Gasteiger partial charge in [-0.15, -0.1) is 0 Å². The largest absolute Gasteiger partial charge is 0.336 e. The number of carbonyl (C=O) groups excluding carboxylic acids is 1. The van der Waals surface area contributed by atoms with Crippen molar-refractivity contribution in [3.8, 4) is 0 Å². The Morgan fingerprint density at radius 1 is 1.04 bits per heavy atom. The first-order valence-electron chi connectivity index (χ1n) is 8.42. The molecule has 0 saturated heterocycles. The molecule has 2 aromatic rings. The highest BCUT2D eigenvalue weighted by atomic mass is 16.2. The van der Waals surface area contributed by atoms with Gasteiger partial charge in [0.1, 0.15) is 6.04 Å². The van der Waals surface area contributed by atoms with Crippen LogP contribution in [0, 0.1) is 0 Å². The molecule has 118 valence electrons. The van der Waals surface area contributed by atoms with Crippen LogP contribution in [0.3, 0.4) is 0 Å². The second-order valence-corrected chi connectivity index (χ2v) is 6.65. The number of amides is 1. The Kier molecular flexibility index (Phi) is 3.66. The molecular formula is C20H22N2O. The summed E-state index contributed by atoms with van der Waals surface area (Å²) in [5.41, 5.74) is 5.11. The lowest BCUT2D eigenvalue weighted by molar-refractivity contribution is -0.135. The van der Waals surface area contributed by atoms with Crippen molar-refractivity contribution >= 4 is 5.91 Å². The lowest BCUT2D eigenvalue weighted by atomic mass is 9.89. The maximum atomic E-state index is 13.1. The molecule has 3 heteroatoms. The zero-order valence-corrected chi connectivity index (χ0v) is 13.5. The third-order valence-electron chi connectivity index (χ3n) is 5.11. The number of nitrogens with zero attached hydrogens (tertiary/aromatic N) is 1. The van der Waals surface area contributed by atoms with Gasteiger partial charge in [0.2, 0.25) is 5.91 Å². The van der Waals surface area contributed by atoms with Gasteiger partial charge in [0.05, 0.1) is 0 Å². The topological polar surface area (TPSA) is 32.3 Å². The van der Waals surface area contributed by atoms with E-state index >= 15 is 0 Å². The SMILES string of the molecule is CC1CN(C(=O)C2NCCc3ccccc32)Cc2ccccc21. The summed E-state index contributed by atoms with van der Waals surface area (Å²) in [5, 5.41) is 3.42. The minimum absolute atomic E-state index is 0.197. The molecule has 3 nitrogen and oxygen atoms in total. The van der Waals surface area contributed by atoms with Crippen molar-refractivity contribution < 1.29 is 4.79 Å². The summed E-state index contributed by atoms with van der Waals surface area (Å²) in [4.78, 5) is 15.2. The number of benzene rings is 2. The van der Waals surface area contributed by atoms with Crippen LogP contribution < -0.4 is 5.32 Å². The average molecular weight is 306 g/mol. The second kappa shape index (κ2) is 5.82. The fourth-order valence-corrected chi connectivity index (χ4v) is 3.93. The minimum atomic E-state index is -0.197.